The number of hydrogen-bond donors (Lipinski definition) is 1. The lowest BCUT2D eigenvalue weighted by molar-refractivity contribution is -0.140. The van der Waals surface area contributed by atoms with Crippen molar-refractivity contribution in [3.05, 3.63) is 126 Å². The number of ether oxygens (including phenoxy) is 2. The van der Waals surface area contributed by atoms with Crippen LogP contribution in [0.4, 0.5) is 0 Å². The van der Waals surface area contributed by atoms with Crippen LogP contribution in [-0.2, 0) is 16.1 Å². The minimum absolute atomic E-state index is 0.00777. The highest BCUT2D eigenvalue weighted by molar-refractivity contribution is 6.46. The fourth-order valence-electron chi connectivity index (χ4n) is 4.56. The highest BCUT2D eigenvalue weighted by Gasteiger charge is 2.46. The Morgan fingerprint density at radius 3 is 2.44 bits per heavy atom. The number of nitrogens with zero attached hydrogens (tertiary/aromatic N) is 2. The zero-order valence-corrected chi connectivity index (χ0v) is 21.5. The molecule has 1 atom stereocenters. The largest absolute Gasteiger partial charge is 0.507 e. The Labute approximate surface area is 227 Å². The van der Waals surface area contributed by atoms with E-state index in [1.165, 1.54) is 4.90 Å². The molecule has 196 valence electrons. The zero-order valence-electron chi connectivity index (χ0n) is 21.5. The average Bonchev–Trinajstić information content (AvgIpc) is 3.22. The van der Waals surface area contributed by atoms with Crippen molar-refractivity contribution < 1.29 is 24.2 Å². The molecule has 4 aromatic rings. The van der Waals surface area contributed by atoms with Gasteiger partial charge in [-0.3, -0.25) is 14.6 Å². The van der Waals surface area contributed by atoms with Crippen molar-refractivity contribution in [2.24, 2.45) is 0 Å². The number of Topliss-reactive ketones (excluding diaryl/α,β-unsaturated/α-hetero) is 1. The van der Waals surface area contributed by atoms with Crippen LogP contribution in [0.5, 0.6) is 17.2 Å². The van der Waals surface area contributed by atoms with Crippen LogP contribution in [0.2, 0.25) is 0 Å². The Kier molecular flexibility index (Phi) is 7.68. The molecule has 1 aromatic heterocycles. The predicted molar refractivity (Wildman–Crippen MR) is 147 cm³/mol. The molecule has 1 N–H and O–H groups in total. The number of para-hydroxylation sites is 1. The van der Waals surface area contributed by atoms with E-state index >= 15 is 0 Å². The fraction of sp³-hybridized carbons (Fsp3) is 0.156. The number of rotatable bonds is 9. The Morgan fingerprint density at radius 2 is 1.67 bits per heavy atom. The SMILES string of the molecule is CCCOc1cccc(C(O)=C2C(=O)C(=O)N(Cc3cccnc3)C2c2cccc(Oc3ccccc3)c2)c1. The third-order valence-corrected chi connectivity index (χ3v) is 6.35. The van der Waals surface area contributed by atoms with Crippen molar-refractivity contribution >= 4 is 17.4 Å². The molecular weight excluding hydrogens is 492 g/mol. The van der Waals surface area contributed by atoms with E-state index in [9.17, 15) is 14.7 Å². The number of pyridine rings is 1. The second kappa shape index (κ2) is 11.6. The molecule has 1 aliphatic heterocycles. The van der Waals surface area contributed by atoms with Crippen LogP contribution in [0.1, 0.15) is 36.1 Å². The van der Waals surface area contributed by atoms with E-state index in [-0.39, 0.29) is 17.9 Å². The molecule has 2 heterocycles. The molecule has 7 heteroatoms. The first kappa shape index (κ1) is 25.7. The van der Waals surface area contributed by atoms with Gasteiger partial charge in [0.1, 0.15) is 23.0 Å². The zero-order chi connectivity index (χ0) is 27.2. The van der Waals surface area contributed by atoms with Crippen LogP contribution in [0.15, 0.2) is 109 Å². The molecule has 1 unspecified atom stereocenters. The summed E-state index contributed by atoms with van der Waals surface area (Å²) in [6, 6.07) is 26.2. The summed E-state index contributed by atoms with van der Waals surface area (Å²) in [5.74, 6) is 0.0565. The summed E-state index contributed by atoms with van der Waals surface area (Å²) in [5, 5.41) is 11.5. The van der Waals surface area contributed by atoms with Gasteiger partial charge in [0.15, 0.2) is 0 Å². The minimum atomic E-state index is -0.843. The summed E-state index contributed by atoms with van der Waals surface area (Å²) in [6.45, 7) is 2.67. The molecule has 7 nitrogen and oxygen atoms in total. The lowest BCUT2D eigenvalue weighted by Gasteiger charge is -2.25. The van der Waals surface area contributed by atoms with E-state index in [0.717, 1.165) is 12.0 Å². The van der Waals surface area contributed by atoms with Crippen molar-refractivity contribution in [3.63, 3.8) is 0 Å². The van der Waals surface area contributed by atoms with E-state index in [4.69, 9.17) is 9.47 Å². The van der Waals surface area contributed by atoms with E-state index in [0.29, 0.717) is 35.0 Å². The lowest BCUT2D eigenvalue weighted by atomic mass is 9.95. The fourth-order valence-corrected chi connectivity index (χ4v) is 4.56. The van der Waals surface area contributed by atoms with Gasteiger partial charge in [0, 0.05) is 24.5 Å². The van der Waals surface area contributed by atoms with E-state index in [1.807, 2.05) is 49.4 Å². The molecule has 0 saturated carbocycles. The molecule has 5 rings (SSSR count). The second-order valence-corrected chi connectivity index (χ2v) is 9.15. The quantitative estimate of drug-likeness (QED) is 0.159. The molecule has 39 heavy (non-hydrogen) atoms. The van der Waals surface area contributed by atoms with Crippen molar-refractivity contribution in [3.8, 4) is 17.2 Å². The Hall–Kier alpha value is -4.91. The number of aliphatic hydroxyl groups excluding tert-OH is 1. The molecule has 1 saturated heterocycles. The van der Waals surface area contributed by atoms with Gasteiger partial charge in [-0.25, -0.2) is 0 Å². The average molecular weight is 521 g/mol. The summed E-state index contributed by atoms with van der Waals surface area (Å²) in [7, 11) is 0. The molecule has 1 amide bonds. The van der Waals surface area contributed by atoms with Crippen LogP contribution in [0, 0.1) is 0 Å². The number of carbonyl (C=O) groups is 2. The third-order valence-electron chi connectivity index (χ3n) is 6.35. The summed E-state index contributed by atoms with van der Waals surface area (Å²) in [5.41, 5.74) is 1.79. The summed E-state index contributed by atoms with van der Waals surface area (Å²) in [4.78, 5) is 32.4. The molecule has 0 radical (unpaired) electrons. The number of aromatic nitrogens is 1. The van der Waals surface area contributed by atoms with E-state index < -0.39 is 17.7 Å². The maximum atomic E-state index is 13.5. The highest BCUT2D eigenvalue weighted by atomic mass is 16.5. The van der Waals surface area contributed by atoms with Gasteiger partial charge in [-0.1, -0.05) is 55.5 Å². The Bertz CT molecular complexity index is 1500. The third kappa shape index (κ3) is 5.67. The number of amides is 1. The number of likely N-dealkylation sites (tertiary alicyclic amines) is 1. The standard InChI is InChI=1S/C32H28N2O5/c1-2-17-38-26-14-7-11-24(19-26)30(35)28-29(34(32(37)31(28)36)21-22-9-8-16-33-20-22)23-10-6-15-27(18-23)39-25-12-4-3-5-13-25/h3-16,18-20,29,35H,2,17,21H2,1H3. The van der Waals surface area contributed by atoms with Crippen LogP contribution < -0.4 is 9.47 Å². The number of carbonyl (C=O) groups excluding carboxylic acids is 2. The summed E-state index contributed by atoms with van der Waals surface area (Å²) < 4.78 is 11.7. The number of hydrogen-bond acceptors (Lipinski definition) is 6. The molecule has 0 spiro atoms. The van der Waals surface area contributed by atoms with E-state index in [1.54, 1.807) is 60.9 Å². The molecule has 3 aromatic carbocycles. The van der Waals surface area contributed by atoms with Gasteiger partial charge in [0.2, 0.25) is 0 Å². The van der Waals surface area contributed by atoms with Crippen LogP contribution in [0.25, 0.3) is 5.76 Å². The van der Waals surface area contributed by atoms with Crippen molar-refractivity contribution in [1.29, 1.82) is 0 Å². The van der Waals surface area contributed by atoms with Crippen molar-refractivity contribution in [2.45, 2.75) is 25.9 Å². The van der Waals surface area contributed by atoms with Gasteiger partial charge < -0.3 is 19.5 Å². The second-order valence-electron chi connectivity index (χ2n) is 9.15. The topological polar surface area (TPSA) is 89.0 Å². The van der Waals surface area contributed by atoms with Gasteiger partial charge in [0.25, 0.3) is 11.7 Å². The Balaban J connectivity index is 1.59. The van der Waals surface area contributed by atoms with Gasteiger partial charge in [-0.2, -0.15) is 0 Å². The highest BCUT2D eigenvalue weighted by Crippen LogP contribution is 2.41. The summed E-state index contributed by atoms with van der Waals surface area (Å²) >= 11 is 0. The van der Waals surface area contributed by atoms with Crippen LogP contribution >= 0.6 is 0 Å². The monoisotopic (exact) mass is 520 g/mol. The number of ketones is 1. The first-order chi connectivity index (χ1) is 19.0. The smallest absolute Gasteiger partial charge is 0.295 e. The predicted octanol–water partition coefficient (Wildman–Crippen LogP) is 6.28. The molecule has 1 fully saturated rings. The summed E-state index contributed by atoms with van der Waals surface area (Å²) in [6.07, 6.45) is 4.13. The molecular formula is C32H28N2O5. The number of aliphatic hydroxyl groups is 1. The minimum Gasteiger partial charge on any atom is -0.507 e. The lowest BCUT2D eigenvalue weighted by Crippen LogP contribution is -2.29. The molecule has 0 bridgehead atoms. The maximum Gasteiger partial charge on any atom is 0.295 e. The van der Waals surface area contributed by atoms with E-state index in [2.05, 4.69) is 4.98 Å². The first-order valence-electron chi connectivity index (χ1n) is 12.8. The molecule has 1 aliphatic rings. The Morgan fingerprint density at radius 1 is 0.897 bits per heavy atom. The van der Waals surface area contributed by atoms with Crippen LogP contribution in [0.3, 0.4) is 0 Å². The van der Waals surface area contributed by atoms with Gasteiger partial charge in [-0.05, 0) is 60.0 Å². The van der Waals surface area contributed by atoms with Crippen molar-refractivity contribution in [1.82, 2.24) is 9.88 Å². The van der Waals surface area contributed by atoms with Gasteiger partial charge >= 0.3 is 0 Å². The van der Waals surface area contributed by atoms with Crippen molar-refractivity contribution in [2.75, 3.05) is 6.61 Å². The number of benzene rings is 3. The maximum absolute atomic E-state index is 13.5. The molecule has 0 aliphatic carbocycles. The normalized spacial score (nSPS) is 16.3. The van der Waals surface area contributed by atoms with Gasteiger partial charge in [0.05, 0.1) is 18.2 Å². The van der Waals surface area contributed by atoms with Gasteiger partial charge in [-0.15, -0.1) is 0 Å². The first-order valence-corrected chi connectivity index (χ1v) is 12.8. The van der Waals surface area contributed by atoms with Crippen LogP contribution in [-0.4, -0.2) is 33.3 Å².